The molecule has 0 aromatic heterocycles. The lowest BCUT2D eigenvalue weighted by Gasteiger charge is -2.28. The number of rotatable bonds is 5. The Kier molecular flexibility index (Phi) is 6.15. The summed E-state index contributed by atoms with van der Waals surface area (Å²) in [7, 11) is 0. The molecule has 1 aliphatic heterocycles. The molecule has 1 fully saturated rings. The lowest BCUT2D eigenvalue weighted by atomic mass is 10.1. The number of likely N-dealkylation sites (tertiary alicyclic amines) is 1. The first-order chi connectivity index (χ1) is 6.88. The molecular weight excluding hydrogens is 176 g/mol. The van der Waals surface area contributed by atoms with Crippen LogP contribution in [0.1, 0.15) is 32.6 Å². The molecule has 0 aromatic rings. The Balaban J connectivity index is 2.28. The molecule has 0 amide bonds. The van der Waals surface area contributed by atoms with Gasteiger partial charge in [0.05, 0.1) is 6.61 Å². The topological polar surface area (TPSA) is 38.5 Å². The molecule has 0 aromatic carbocycles. The minimum absolute atomic E-state index is 0.595. The Morgan fingerprint density at radius 1 is 1.36 bits per heavy atom. The Hall–Kier alpha value is -0.120. The molecule has 3 nitrogen and oxygen atoms in total. The van der Waals surface area contributed by atoms with Crippen molar-refractivity contribution in [1.82, 2.24) is 4.90 Å². The van der Waals surface area contributed by atoms with Gasteiger partial charge in [0.25, 0.3) is 0 Å². The fraction of sp³-hybridized carbons (Fsp3) is 1.00. The number of hydrogen-bond acceptors (Lipinski definition) is 3. The fourth-order valence-corrected chi connectivity index (χ4v) is 2.12. The second-order valence-corrected chi connectivity index (χ2v) is 3.97. The standard InChI is InChI=1S/C11H24N2O/c1-2-14-9-8-13-7-5-3-4-6-11(13)10-12/h11H,2-10,12H2,1H3. The highest BCUT2D eigenvalue weighted by molar-refractivity contribution is 4.75. The maximum atomic E-state index is 5.78. The van der Waals surface area contributed by atoms with Crippen LogP contribution in [0.15, 0.2) is 0 Å². The normalized spacial score (nSPS) is 24.9. The monoisotopic (exact) mass is 200 g/mol. The van der Waals surface area contributed by atoms with Crippen molar-refractivity contribution < 1.29 is 4.74 Å². The van der Waals surface area contributed by atoms with E-state index in [1.807, 2.05) is 6.92 Å². The van der Waals surface area contributed by atoms with E-state index in [0.29, 0.717) is 6.04 Å². The zero-order chi connectivity index (χ0) is 10.2. The smallest absolute Gasteiger partial charge is 0.0593 e. The van der Waals surface area contributed by atoms with Crippen LogP contribution in [-0.4, -0.2) is 43.8 Å². The van der Waals surface area contributed by atoms with Crippen molar-refractivity contribution in [1.29, 1.82) is 0 Å². The van der Waals surface area contributed by atoms with E-state index in [4.69, 9.17) is 10.5 Å². The summed E-state index contributed by atoms with van der Waals surface area (Å²) in [4.78, 5) is 2.50. The van der Waals surface area contributed by atoms with Gasteiger partial charge in [-0.3, -0.25) is 4.90 Å². The molecule has 1 unspecified atom stereocenters. The summed E-state index contributed by atoms with van der Waals surface area (Å²) in [5.41, 5.74) is 5.78. The molecular formula is C11H24N2O. The van der Waals surface area contributed by atoms with E-state index in [1.165, 1.54) is 32.2 Å². The van der Waals surface area contributed by atoms with E-state index in [1.54, 1.807) is 0 Å². The molecule has 0 bridgehead atoms. The summed E-state index contributed by atoms with van der Waals surface area (Å²) >= 11 is 0. The van der Waals surface area contributed by atoms with Gasteiger partial charge in [0.15, 0.2) is 0 Å². The first-order valence-electron chi connectivity index (χ1n) is 5.90. The third-order valence-corrected chi connectivity index (χ3v) is 3.00. The maximum Gasteiger partial charge on any atom is 0.0593 e. The van der Waals surface area contributed by atoms with Gasteiger partial charge < -0.3 is 10.5 Å². The molecule has 1 atom stereocenters. The predicted octanol–water partition coefficient (Wildman–Crippen LogP) is 1.23. The largest absolute Gasteiger partial charge is 0.380 e. The van der Waals surface area contributed by atoms with E-state index in [0.717, 1.165) is 26.3 Å². The number of hydrogen-bond donors (Lipinski definition) is 1. The minimum Gasteiger partial charge on any atom is -0.380 e. The van der Waals surface area contributed by atoms with Gasteiger partial charge in [-0.1, -0.05) is 12.8 Å². The molecule has 1 aliphatic rings. The molecule has 0 saturated carbocycles. The third-order valence-electron chi connectivity index (χ3n) is 3.00. The highest BCUT2D eigenvalue weighted by atomic mass is 16.5. The molecule has 0 radical (unpaired) electrons. The lowest BCUT2D eigenvalue weighted by Crippen LogP contribution is -2.41. The van der Waals surface area contributed by atoms with Crippen LogP contribution < -0.4 is 5.73 Å². The molecule has 14 heavy (non-hydrogen) atoms. The fourth-order valence-electron chi connectivity index (χ4n) is 2.12. The van der Waals surface area contributed by atoms with Crippen molar-refractivity contribution in [2.24, 2.45) is 5.73 Å². The van der Waals surface area contributed by atoms with E-state index in [2.05, 4.69) is 4.90 Å². The van der Waals surface area contributed by atoms with E-state index < -0.39 is 0 Å². The Labute approximate surface area is 87.6 Å². The summed E-state index contributed by atoms with van der Waals surface area (Å²) in [5.74, 6) is 0. The van der Waals surface area contributed by atoms with Gasteiger partial charge in [0, 0.05) is 25.7 Å². The van der Waals surface area contributed by atoms with Gasteiger partial charge >= 0.3 is 0 Å². The minimum atomic E-state index is 0.595. The molecule has 84 valence electrons. The molecule has 0 aliphatic carbocycles. The van der Waals surface area contributed by atoms with E-state index in [-0.39, 0.29) is 0 Å². The Morgan fingerprint density at radius 3 is 2.93 bits per heavy atom. The van der Waals surface area contributed by atoms with Crippen LogP contribution in [0.5, 0.6) is 0 Å². The second kappa shape index (κ2) is 7.21. The second-order valence-electron chi connectivity index (χ2n) is 3.97. The molecule has 3 heteroatoms. The Bertz CT molecular complexity index is 141. The van der Waals surface area contributed by atoms with Gasteiger partial charge in [-0.25, -0.2) is 0 Å². The van der Waals surface area contributed by atoms with Gasteiger partial charge in [-0.2, -0.15) is 0 Å². The zero-order valence-corrected chi connectivity index (χ0v) is 9.37. The van der Waals surface area contributed by atoms with Gasteiger partial charge in [0.1, 0.15) is 0 Å². The molecule has 2 N–H and O–H groups in total. The summed E-state index contributed by atoms with van der Waals surface area (Å²) in [5, 5.41) is 0. The van der Waals surface area contributed by atoms with E-state index in [9.17, 15) is 0 Å². The van der Waals surface area contributed by atoms with Crippen LogP contribution in [0.3, 0.4) is 0 Å². The summed E-state index contributed by atoms with van der Waals surface area (Å²) in [6.45, 7) is 6.77. The maximum absolute atomic E-state index is 5.78. The lowest BCUT2D eigenvalue weighted by molar-refractivity contribution is 0.0966. The predicted molar refractivity (Wildman–Crippen MR) is 59.4 cm³/mol. The quantitative estimate of drug-likeness (QED) is 0.678. The van der Waals surface area contributed by atoms with E-state index >= 15 is 0 Å². The average Bonchev–Trinajstić information content (AvgIpc) is 2.43. The number of nitrogens with zero attached hydrogens (tertiary/aromatic N) is 1. The summed E-state index contributed by atoms with van der Waals surface area (Å²) < 4.78 is 5.39. The third kappa shape index (κ3) is 3.95. The van der Waals surface area contributed by atoms with Crippen LogP contribution in [0.25, 0.3) is 0 Å². The van der Waals surface area contributed by atoms with Crippen molar-refractivity contribution in [3.8, 4) is 0 Å². The Morgan fingerprint density at radius 2 is 2.21 bits per heavy atom. The van der Waals surface area contributed by atoms with Crippen LogP contribution in [-0.2, 0) is 4.74 Å². The van der Waals surface area contributed by atoms with Gasteiger partial charge in [-0.15, -0.1) is 0 Å². The van der Waals surface area contributed by atoms with Crippen molar-refractivity contribution in [3.63, 3.8) is 0 Å². The summed E-state index contributed by atoms with van der Waals surface area (Å²) in [6, 6.07) is 0.595. The van der Waals surface area contributed by atoms with Gasteiger partial charge in [-0.05, 0) is 26.3 Å². The first kappa shape index (κ1) is 12.0. The average molecular weight is 200 g/mol. The van der Waals surface area contributed by atoms with Crippen LogP contribution in [0.2, 0.25) is 0 Å². The zero-order valence-electron chi connectivity index (χ0n) is 9.37. The molecule has 0 spiro atoms. The van der Waals surface area contributed by atoms with Crippen molar-refractivity contribution in [2.45, 2.75) is 38.6 Å². The molecule has 1 saturated heterocycles. The molecule has 1 heterocycles. The van der Waals surface area contributed by atoms with Crippen LogP contribution >= 0.6 is 0 Å². The number of nitrogens with two attached hydrogens (primary N) is 1. The number of ether oxygens (including phenoxy) is 1. The highest BCUT2D eigenvalue weighted by Gasteiger charge is 2.18. The molecule has 1 rings (SSSR count). The van der Waals surface area contributed by atoms with Crippen LogP contribution in [0.4, 0.5) is 0 Å². The van der Waals surface area contributed by atoms with Crippen molar-refractivity contribution in [2.75, 3.05) is 32.8 Å². The SMILES string of the molecule is CCOCCN1CCCCCC1CN. The highest BCUT2D eigenvalue weighted by Crippen LogP contribution is 2.15. The first-order valence-corrected chi connectivity index (χ1v) is 5.90. The van der Waals surface area contributed by atoms with Crippen LogP contribution in [0, 0.1) is 0 Å². The van der Waals surface area contributed by atoms with Gasteiger partial charge in [0.2, 0.25) is 0 Å². The van der Waals surface area contributed by atoms with Crippen molar-refractivity contribution in [3.05, 3.63) is 0 Å². The van der Waals surface area contributed by atoms with Crippen molar-refractivity contribution >= 4 is 0 Å². The summed E-state index contributed by atoms with van der Waals surface area (Å²) in [6.07, 6.45) is 5.29.